The number of carbonyl (C=O) groups is 2. The first-order chi connectivity index (χ1) is 14.3. The standard InChI is InChI=1S/C23H27ClN2O4/c1-14(2)13-29-23(28)30-17-10-15(3)18(19(24)11-17)12-20(25)22(27)26-9-8-16-6-4-5-7-21(16)26/h4-7,10-11,14,20H,8-9,12-13,25H2,1-3H3/t20-/m0/s1. The van der Waals surface area contributed by atoms with E-state index in [1.54, 1.807) is 17.0 Å². The molecule has 0 saturated heterocycles. The van der Waals surface area contributed by atoms with Gasteiger partial charge in [0.05, 0.1) is 12.6 Å². The Kier molecular flexibility index (Phi) is 7.00. The normalized spacial score (nSPS) is 13.9. The first-order valence-electron chi connectivity index (χ1n) is 10.0. The van der Waals surface area contributed by atoms with Crippen LogP contribution in [0.3, 0.4) is 0 Å². The molecular weight excluding hydrogens is 404 g/mol. The summed E-state index contributed by atoms with van der Waals surface area (Å²) in [5.74, 6) is 0.378. The SMILES string of the molecule is Cc1cc(OC(=O)OCC(C)C)cc(Cl)c1C[C@H](N)C(=O)N1CCc2ccccc21. The fourth-order valence-electron chi connectivity index (χ4n) is 3.49. The Labute approximate surface area is 181 Å². The zero-order valence-corrected chi connectivity index (χ0v) is 18.2. The minimum Gasteiger partial charge on any atom is -0.434 e. The van der Waals surface area contributed by atoms with Crippen molar-refractivity contribution >= 4 is 29.4 Å². The van der Waals surface area contributed by atoms with Crippen molar-refractivity contribution in [3.63, 3.8) is 0 Å². The number of hydrogen-bond acceptors (Lipinski definition) is 5. The van der Waals surface area contributed by atoms with Crippen LogP contribution in [0.25, 0.3) is 0 Å². The van der Waals surface area contributed by atoms with Crippen molar-refractivity contribution in [3.8, 4) is 5.75 Å². The molecule has 0 unspecified atom stereocenters. The largest absolute Gasteiger partial charge is 0.513 e. The molecule has 1 aliphatic rings. The van der Waals surface area contributed by atoms with Gasteiger partial charge < -0.3 is 20.1 Å². The third kappa shape index (κ3) is 5.12. The van der Waals surface area contributed by atoms with Crippen LogP contribution in [0.15, 0.2) is 36.4 Å². The van der Waals surface area contributed by atoms with Crippen molar-refractivity contribution in [3.05, 3.63) is 58.1 Å². The van der Waals surface area contributed by atoms with Gasteiger partial charge in [-0.05, 0) is 60.6 Å². The first-order valence-corrected chi connectivity index (χ1v) is 10.4. The number of nitrogens with two attached hydrogens (primary N) is 1. The summed E-state index contributed by atoms with van der Waals surface area (Å²) in [4.78, 5) is 26.5. The van der Waals surface area contributed by atoms with Crippen LogP contribution in [0.5, 0.6) is 5.75 Å². The van der Waals surface area contributed by atoms with Gasteiger partial charge in [0.15, 0.2) is 0 Å². The highest BCUT2D eigenvalue weighted by molar-refractivity contribution is 6.31. The summed E-state index contributed by atoms with van der Waals surface area (Å²) in [5.41, 5.74) is 9.88. The van der Waals surface area contributed by atoms with Gasteiger partial charge in [0, 0.05) is 17.3 Å². The molecule has 1 amide bonds. The average molecular weight is 431 g/mol. The van der Waals surface area contributed by atoms with Crippen molar-refractivity contribution < 1.29 is 19.1 Å². The van der Waals surface area contributed by atoms with Crippen LogP contribution < -0.4 is 15.4 Å². The molecule has 1 aliphatic heterocycles. The van der Waals surface area contributed by atoms with Gasteiger partial charge in [-0.3, -0.25) is 4.79 Å². The maximum absolute atomic E-state index is 12.9. The van der Waals surface area contributed by atoms with Gasteiger partial charge in [0.25, 0.3) is 0 Å². The van der Waals surface area contributed by atoms with Gasteiger partial charge in [-0.2, -0.15) is 0 Å². The van der Waals surface area contributed by atoms with E-state index in [1.807, 2.05) is 45.0 Å². The molecule has 2 aromatic carbocycles. The number of ether oxygens (including phenoxy) is 2. The summed E-state index contributed by atoms with van der Waals surface area (Å²) < 4.78 is 10.2. The van der Waals surface area contributed by atoms with Gasteiger partial charge in [-0.25, -0.2) is 4.79 Å². The van der Waals surface area contributed by atoms with E-state index in [2.05, 4.69) is 0 Å². The zero-order valence-electron chi connectivity index (χ0n) is 17.5. The molecule has 7 heteroatoms. The molecular formula is C23H27ClN2O4. The molecule has 30 heavy (non-hydrogen) atoms. The monoisotopic (exact) mass is 430 g/mol. The first kappa shape index (κ1) is 22.1. The Morgan fingerprint density at radius 2 is 1.97 bits per heavy atom. The second-order valence-corrected chi connectivity index (χ2v) is 8.34. The minimum absolute atomic E-state index is 0.131. The molecule has 2 aromatic rings. The number of aryl methyl sites for hydroxylation is 1. The Morgan fingerprint density at radius 1 is 1.23 bits per heavy atom. The quantitative estimate of drug-likeness (QED) is 0.546. The third-order valence-corrected chi connectivity index (χ3v) is 5.36. The van der Waals surface area contributed by atoms with Crippen LogP contribution in [0.2, 0.25) is 5.02 Å². The average Bonchev–Trinajstić information content (AvgIpc) is 3.12. The van der Waals surface area contributed by atoms with E-state index >= 15 is 0 Å². The van der Waals surface area contributed by atoms with Crippen LogP contribution in [0.4, 0.5) is 10.5 Å². The molecule has 0 saturated carbocycles. The lowest BCUT2D eigenvalue weighted by molar-refractivity contribution is -0.119. The Morgan fingerprint density at radius 3 is 2.67 bits per heavy atom. The van der Waals surface area contributed by atoms with Crippen LogP contribution >= 0.6 is 11.6 Å². The lowest BCUT2D eigenvalue weighted by Gasteiger charge is -2.22. The fourth-order valence-corrected chi connectivity index (χ4v) is 3.83. The smallest absolute Gasteiger partial charge is 0.434 e. The highest BCUT2D eigenvalue weighted by Gasteiger charge is 2.29. The molecule has 3 rings (SSSR count). The highest BCUT2D eigenvalue weighted by atomic mass is 35.5. The van der Waals surface area contributed by atoms with E-state index in [9.17, 15) is 9.59 Å². The maximum Gasteiger partial charge on any atom is 0.513 e. The van der Waals surface area contributed by atoms with E-state index in [1.165, 1.54) is 0 Å². The summed E-state index contributed by atoms with van der Waals surface area (Å²) in [7, 11) is 0. The number of fused-ring (bicyclic) bond motifs is 1. The minimum atomic E-state index is -0.772. The molecule has 6 nitrogen and oxygen atoms in total. The van der Waals surface area contributed by atoms with Crippen molar-refractivity contribution in [1.29, 1.82) is 0 Å². The van der Waals surface area contributed by atoms with Gasteiger partial charge in [0.2, 0.25) is 5.91 Å². The lowest BCUT2D eigenvalue weighted by Crippen LogP contribution is -2.44. The number of amides is 1. The van der Waals surface area contributed by atoms with Crippen LogP contribution in [0.1, 0.15) is 30.5 Å². The second-order valence-electron chi connectivity index (χ2n) is 7.94. The predicted molar refractivity (Wildman–Crippen MR) is 117 cm³/mol. The zero-order chi connectivity index (χ0) is 21.8. The van der Waals surface area contributed by atoms with E-state index in [-0.39, 0.29) is 18.4 Å². The summed E-state index contributed by atoms with van der Waals surface area (Å²) in [6.07, 6.45) is 0.347. The molecule has 0 aromatic heterocycles. The lowest BCUT2D eigenvalue weighted by atomic mass is 10.00. The van der Waals surface area contributed by atoms with Gasteiger partial charge in [-0.1, -0.05) is 43.6 Å². The molecule has 1 heterocycles. The Bertz CT molecular complexity index is 922. The van der Waals surface area contributed by atoms with Gasteiger partial charge in [-0.15, -0.1) is 0 Å². The number of para-hydroxylation sites is 1. The number of nitrogens with zero attached hydrogens (tertiary/aromatic N) is 1. The molecule has 0 fully saturated rings. The molecule has 0 aliphatic carbocycles. The van der Waals surface area contributed by atoms with Crippen molar-refractivity contribution in [2.75, 3.05) is 18.1 Å². The number of benzene rings is 2. The summed E-state index contributed by atoms with van der Waals surface area (Å²) in [6, 6.07) is 10.4. The predicted octanol–water partition coefficient (Wildman–Crippen LogP) is 4.28. The summed E-state index contributed by atoms with van der Waals surface area (Å²) in [5, 5.41) is 0.395. The maximum atomic E-state index is 12.9. The van der Waals surface area contributed by atoms with Crippen molar-refractivity contribution in [2.45, 2.75) is 39.7 Å². The highest BCUT2D eigenvalue weighted by Crippen LogP contribution is 2.30. The number of anilines is 1. The Hall–Kier alpha value is -2.57. The van der Waals surface area contributed by atoms with Gasteiger partial charge in [0.1, 0.15) is 5.75 Å². The van der Waals surface area contributed by atoms with Gasteiger partial charge >= 0.3 is 6.16 Å². The van der Waals surface area contributed by atoms with Crippen LogP contribution in [-0.2, 0) is 22.4 Å². The van der Waals surface area contributed by atoms with E-state index in [0.29, 0.717) is 23.7 Å². The summed E-state index contributed by atoms with van der Waals surface area (Å²) in [6.45, 7) is 6.63. The molecule has 0 bridgehead atoms. The summed E-state index contributed by atoms with van der Waals surface area (Å²) >= 11 is 6.42. The van der Waals surface area contributed by atoms with Crippen molar-refractivity contribution in [1.82, 2.24) is 0 Å². The van der Waals surface area contributed by atoms with Crippen LogP contribution in [0, 0.1) is 12.8 Å². The van der Waals surface area contributed by atoms with E-state index < -0.39 is 12.2 Å². The molecule has 0 spiro atoms. The second kappa shape index (κ2) is 9.49. The number of carbonyl (C=O) groups excluding carboxylic acids is 2. The molecule has 0 radical (unpaired) electrons. The third-order valence-electron chi connectivity index (χ3n) is 5.02. The fraction of sp³-hybridized carbons (Fsp3) is 0.391. The Balaban J connectivity index is 1.68. The number of hydrogen-bond donors (Lipinski definition) is 1. The topological polar surface area (TPSA) is 81.9 Å². The number of rotatable bonds is 6. The molecule has 1 atom stereocenters. The van der Waals surface area contributed by atoms with E-state index in [0.717, 1.165) is 28.8 Å². The van der Waals surface area contributed by atoms with E-state index in [4.69, 9.17) is 26.8 Å². The van der Waals surface area contributed by atoms with Crippen molar-refractivity contribution in [2.24, 2.45) is 11.7 Å². The molecule has 2 N–H and O–H groups in total. The molecule has 160 valence electrons. The van der Waals surface area contributed by atoms with Crippen LogP contribution in [-0.4, -0.2) is 31.3 Å². The number of halogens is 1.